The van der Waals surface area contributed by atoms with Gasteiger partial charge in [-0.25, -0.2) is 4.99 Å². The summed E-state index contributed by atoms with van der Waals surface area (Å²) in [5.74, 6) is 1.62. The van der Waals surface area contributed by atoms with E-state index in [2.05, 4.69) is 17.4 Å². The highest BCUT2D eigenvalue weighted by Gasteiger charge is 2.35. The molecule has 0 fully saturated rings. The van der Waals surface area contributed by atoms with Crippen molar-refractivity contribution in [3.05, 3.63) is 93.7 Å². The van der Waals surface area contributed by atoms with E-state index in [9.17, 15) is 10.5 Å². The summed E-state index contributed by atoms with van der Waals surface area (Å²) in [6, 6.07) is 24.0. The maximum Gasteiger partial charge on any atom is 0.153 e. The van der Waals surface area contributed by atoms with Crippen LogP contribution in [0.4, 0.5) is 0 Å². The molecule has 0 aromatic heterocycles. The normalized spacial score (nSPS) is 18.3. The summed E-state index contributed by atoms with van der Waals surface area (Å²) in [6.45, 7) is 0. The molecule has 2 aromatic rings. The fourth-order valence-corrected chi connectivity index (χ4v) is 4.42. The van der Waals surface area contributed by atoms with E-state index >= 15 is 0 Å². The van der Waals surface area contributed by atoms with Crippen LogP contribution in [0.1, 0.15) is 17.0 Å². The predicted molar refractivity (Wildman–Crippen MR) is 103 cm³/mol. The van der Waals surface area contributed by atoms with Gasteiger partial charge in [0, 0.05) is 22.8 Å². The van der Waals surface area contributed by atoms with Crippen molar-refractivity contribution in [2.75, 3.05) is 5.75 Å². The molecular formula is C21H14N4S. The number of benzene rings is 2. The number of allylic oxidation sites excluding steroid dienone is 2. The molecule has 2 aromatic carbocycles. The number of amidine groups is 1. The lowest BCUT2D eigenvalue weighted by atomic mass is 9.89. The zero-order valence-corrected chi connectivity index (χ0v) is 14.6. The van der Waals surface area contributed by atoms with E-state index in [0.717, 1.165) is 27.5 Å². The standard InChI is InChI=1S/C21H14N4S/c22-11-16(12-23)19-18-17(14-7-3-1-4-8-14)13-26-21(18)25-20(24-19)15-9-5-2-6-10-15/h1-10,17H,13H2,(H,24,25). The smallest absolute Gasteiger partial charge is 0.153 e. The molecule has 26 heavy (non-hydrogen) atoms. The Kier molecular flexibility index (Phi) is 4.31. The lowest BCUT2D eigenvalue weighted by Gasteiger charge is -2.23. The SMILES string of the molecule is N#CC(C#N)=C1NC(c2ccccc2)=NC2=C1C(c1ccccc1)CS2. The zero-order chi connectivity index (χ0) is 17.9. The van der Waals surface area contributed by atoms with Crippen LogP contribution in [0.5, 0.6) is 0 Å². The van der Waals surface area contributed by atoms with Gasteiger partial charge in [-0.15, -0.1) is 11.8 Å². The highest BCUT2D eigenvalue weighted by atomic mass is 32.2. The van der Waals surface area contributed by atoms with Crippen LogP contribution in [-0.2, 0) is 0 Å². The summed E-state index contributed by atoms with van der Waals surface area (Å²) in [6.07, 6.45) is 0. The molecule has 0 aliphatic carbocycles. The fourth-order valence-electron chi connectivity index (χ4n) is 3.18. The van der Waals surface area contributed by atoms with Gasteiger partial charge >= 0.3 is 0 Å². The Bertz CT molecular complexity index is 1010. The third kappa shape index (κ3) is 2.79. The maximum atomic E-state index is 9.47. The Hall–Kier alpha value is -3.28. The number of hydrogen-bond acceptors (Lipinski definition) is 5. The molecular weight excluding hydrogens is 340 g/mol. The maximum absolute atomic E-state index is 9.47. The first kappa shape index (κ1) is 16.2. The van der Waals surface area contributed by atoms with Crippen LogP contribution in [0.15, 0.2) is 87.5 Å². The third-order valence-electron chi connectivity index (χ3n) is 4.41. The van der Waals surface area contributed by atoms with Crippen molar-refractivity contribution < 1.29 is 0 Å². The van der Waals surface area contributed by atoms with Gasteiger partial charge in [-0.3, -0.25) is 0 Å². The lowest BCUT2D eigenvalue weighted by molar-refractivity contribution is 0.885. The summed E-state index contributed by atoms with van der Waals surface area (Å²) in [7, 11) is 0. The second-order valence-corrected chi connectivity index (χ2v) is 6.93. The number of nitrogens with one attached hydrogen (secondary N) is 1. The van der Waals surface area contributed by atoms with Gasteiger partial charge in [-0.2, -0.15) is 10.5 Å². The van der Waals surface area contributed by atoms with Crippen molar-refractivity contribution >= 4 is 17.6 Å². The summed E-state index contributed by atoms with van der Waals surface area (Å²) in [5.41, 5.74) is 3.70. The second kappa shape index (κ2) is 6.92. The van der Waals surface area contributed by atoms with Crippen LogP contribution in [0.3, 0.4) is 0 Å². The van der Waals surface area contributed by atoms with E-state index in [0.29, 0.717) is 11.5 Å². The summed E-state index contributed by atoms with van der Waals surface area (Å²) in [4.78, 5) is 4.79. The van der Waals surface area contributed by atoms with Crippen LogP contribution in [0.25, 0.3) is 0 Å². The molecule has 4 nitrogen and oxygen atoms in total. The fraction of sp³-hybridized carbons (Fsp3) is 0.0952. The Balaban J connectivity index is 1.88. The molecule has 1 unspecified atom stereocenters. The van der Waals surface area contributed by atoms with Crippen LogP contribution in [0, 0.1) is 22.7 Å². The minimum atomic E-state index is 0.0873. The van der Waals surface area contributed by atoms with Gasteiger partial charge in [0.2, 0.25) is 0 Å². The first-order chi connectivity index (χ1) is 12.8. The van der Waals surface area contributed by atoms with E-state index in [1.807, 2.05) is 60.7 Å². The minimum Gasteiger partial charge on any atom is -0.338 e. The number of thioether (sulfide) groups is 1. The van der Waals surface area contributed by atoms with Gasteiger partial charge in [0.1, 0.15) is 23.0 Å². The number of hydrogen-bond donors (Lipinski definition) is 1. The van der Waals surface area contributed by atoms with Crippen molar-refractivity contribution in [3.8, 4) is 12.1 Å². The molecule has 0 spiro atoms. The minimum absolute atomic E-state index is 0.0873. The van der Waals surface area contributed by atoms with E-state index < -0.39 is 0 Å². The van der Waals surface area contributed by atoms with Gasteiger partial charge in [0.15, 0.2) is 5.57 Å². The van der Waals surface area contributed by atoms with Crippen molar-refractivity contribution in [2.24, 2.45) is 4.99 Å². The molecule has 1 atom stereocenters. The molecule has 0 saturated carbocycles. The Morgan fingerprint density at radius 1 is 1.00 bits per heavy atom. The van der Waals surface area contributed by atoms with Gasteiger partial charge in [0.05, 0.1) is 5.70 Å². The molecule has 0 saturated heterocycles. The van der Waals surface area contributed by atoms with E-state index in [4.69, 9.17) is 4.99 Å². The first-order valence-corrected chi connectivity index (χ1v) is 9.18. The van der Waals surface area contributed by atoms with Crippen LogP contribution in [0.2, 0.25) is 0 Å². The van der Waals surface area contributed by atoms with Crippen molar-refractivity contribution in [3.63, 3.8) is 0 Å². The molecule has 1 N–H and O–H groups in total. The van der Waals surface area contributed by atoms with Gasteiger partial charge in [0.25, 0.3) is 0 Å². The van der Waals surface area contributed by atoms with Crippen molar-refractivity contribution in [1.82, 2.24) is 5.32 Å². The molecule has 124 valence electrons. The average molecular weight is 354 g/mol. The third-order valence-corrected chi connectivity index (χ3v) is 5.50. The molecule has 5 heteroatoms. The highest BCUT2D eigenvalue weighted by Crippen LogP contribution is 2.47. The van der Waals surface area contributed by atoms with E-state index in [-0.39, 0.29) is 11.5 Å². The number of rotatable bonds is 2. The monoisotopic (exact) mass is 354 g/mol. The topological polar surface area (TPSA) is 72.0 Å². The molecule has 2 aliphatic rings. The number of aliphatic imine (C=N–C) groups is 1. The van der Waals surface area contributed by atoms with E-state index in [1.54, 1.807) is 11.8 Å². The number of nitriles is 2. The second-order valence-electron chi connectivity index (χ2n) is 5.92. The Labute approximate surface area is 156 Å². The number of nitrogens with zero attached hydrogens (tertiary/aromatic N) is 3. The zero-order valence-electron chi connectivity index (χ0n) is 13.8. The first-order valence-electron chi connectivity index (χ1n) is 8.19. The van der Waals surface area contributed by atoms with Gasteiger partial charge < -0.3 is 5.32 Å². The largest absolute Gasteiger partial charge is 0.338 e. The lowest BCUT2D eigenvalue weighted by Crippen LogP contribution is -2.30. The average Bonchev–Trinajstić information content (AvgIpc) is 3.14. The summed E-state index contributed by atoms with van der Waals surface area (Å²) < 4.78 is 0. The van der Waals surface area contributed by atoms with Crippen LogP contribution in [-0.4, -0.2) is 11.6 Å². The molecule has 4 rings (SSSR count). The van der Waals surface area contributed by atoms with Crippen molar-refractivity contribution in [2.45, 2.75) is 5.92 Å². The van der Waals surface area contributed by atoms with Crippen molar-refractivity contribution in [1.29, 1.82) is 10.5 Å². The van der Waals surface area contributed by atoms with Crippen LogP contribution >= 0.6 is 11.8 Å². The molecule has 2 heterocycles. The molecule has 2 aliphatic heterocycles. The van der Waals surface area contributed by atoms with Crippen LogP contribution < -0.4 is 5.32 Å². The highest BCUT2D eigenvalue weighted by molar-refractivity contribution is 8.03. The quantitative estimate of drug-likeness (QED) is 0.825. The molecule has 0 bridgehead atoms. The predicted octanol–water partition coefficient (Wildman–Crippen LogP) is 4.08. The molecule has 0 radical (unpaired) electrons. The van der Waals surface area contributed by atoms with Gasteiger partial charge in [-0.05, 0) is 5.56 Å². The Morgan fingerprint density at radius 3 is 2.31 bits per heavy atom. The summed E-state index contributed by atoms with van der Waals surface area (Å²) >= 11 is 1.67. The summed E-state index contributed by atoms with van der Waals surface area (Å²) in [5, 5.41) is 23.1. The van der Waals surface area contributed by atoms with Gasteiger partial charge in [-0.1, -0.05) is 60.7 Å². The van der Waals surface area contributed by atoms with E-state index in [1.165, 1.54) is 0 Å². The Morgan fingerprint density at radius 2 is 1.65 bits per heavy atom. The molecule has 0 amide bonds.